The standard InChI is InChI=1S/C26H27N5O2/c1-17-4-3-5-24(30-17)26-22(8-9-28-26)18-6-7-23-19(12-18)13-21(15-29-23)31-11-10-27-20(16-31)14-25(32)33-2/h3-9,12-13,15,20,27-28H,10-11,14,16H2,1-2H3. The highest BCUT2D eigenvalue weighted by atomic mass is 16.5. The Kier molecular flexibility index (Phi) is 5.79. The summed E-state index contributed by atoms with van der Waals surface area (Å²) in [4.78, 5) is 26.7. The second kappa shape index (κ2) is 9.03. The number of esters is 1. The van der Waals surface area contributed by atoms with Crippen molar-refractivity contribution in [2.45, 2.75) is 19.4 Å². The number of methoxy groups -OCH3 is 1. The molecule has 1 saturated heterocycles. The molecule has 0 radical (unpaired) electrons. The zero-order valence-electron chi connectivity index (χ0n) is 18.8. The molecular weight excluding hydrogens is 414 g/mol. The number of aryl methyl sites for hydroxylation is 1. The van der Waals surface area contributed by atoms with E-state index in [0.29, 0.717) is 6.42 Å². The Balaban J connectivity index is 1.45. The molecule has 0 spiro atoms. The van der Waals surface area contributed by atoms with Gasteiger partial charge in [-0.2, -0.15) is 0 Å². The van der Waals surface area contributed by atoms with Crippen molar-refractivity contribution in [3.8, 4) is 22.5 Å². The zero-order chi connectivity index (χ0) is 22.8. The second-order valence-electron chi connectivity index (χ2n) is 8.41. The molecule has 7 nitrogen and oxygen atoms in total. The largest absolute Gasteiger partial charge is 0.469 e. The van der Waals surface area contributed by atoms with Crippen LogP contribution in [0.3, 0.4) is 0 Å². The first-order chi connectivity index (χ1) is 16.1. The summed E-state index contributed by atoms with van der Waals surface area (Å²) >= 11 is 0. The number of aromatic amines is 1. The van der Waals surface area contributed by atoms with E-state index in [4.69, 9.17) is 9.72 Å². The fourth-order valence-corrected chi connectivity index (χ4v) is 4.45. The topological polar surface area (TPSA) is 83.1 Å². The molecule has 3 aromatic heterocycles. The monoisotopic (exact) mass is 441 g/mol. The number of carbonyl (C=O) groups is 1. The average Bonchev–Trinajstić information content (AvgIpc) is 3.33. The van der Waals surface area contributed by atoms with Crippen LogP contribution in [0.4, 0.5) is 5.69 Å². The lowest BCUT2D eigenvalue weighted by Crippen LogP contribution is -2.51. The number of aromatic nitrogens is 3. The van der Waals surface area contributed by atoms with Gasteiger partial charge in [0.05, 0.1) is 42.3 Å². The van der Waals surface area contributed by atoms with Crippen LogP contribution in [0, 0.1) is 6.92 Å². The number of hydrogen-bond donors (Lipinski definition) is 2. The van der Waals surface area contributed by atoms with Crippen molar-refractivity contribution in [2.75, 3.05) is 31.6 Å². The fraction of sp³-hybridized carbons (Fsp3) is 0.269. The van der Waals surface area contributed by atoms with Crippen LogP contribution >= 0.6 is 0 Å². The minimum Gasteiger partial charge on any atom is -0.469 e. The summed E-state index contributed by atoms with van der Waals surface area (Å²) in [5.74, 6) is -0.193. The number of carbonyl (C=O) groups excluding carboxylic acids is 1. The molecule has 0 saturated carbocycles. The van der Waals surface area contributed by atoms with Crippen molar-refractivity contribution in [2.24, 2.45) is 0 Å². The Bertz CT molecular complexity index is 1300. The number of anilines is 1. The number of nitrogens with one attached hydrogen (secondary N) is 2. The van der Waals surface area contributed by atoms with Crippen molar-refractivity contribution in [1.82, 2.24) is 20.3 Å². The van der Waals surface area contributed by atoms with E-state index in [2.05, 4.69) is 50.5 Å². The average molecular weight is 442 g/mol. The Morgan fingerprint density at radius 3 is 2.97 bits per heavy atom. The number of rotatable bonds is 5. The number of H-pyrrole nitrogens is 1. The first-order valence-corrected chi connectivity index (χ1v) is 11.2. The van der Waals surface area contributed by atoms with Crippen LogP contribution in [0.25, 0.3) is 33.4 Å². The maximum atomic E-state index is 11.7. The highest BCUT2D eigenvalue weighted by molar-refractivity contribution is 5.89. The number of fused-ring (bicyclic) bond motifs is 1. The van der Waals surface area contributed by atoms with Gasteiger partial charge in [0.2, 0.25) is 0 Å². The van der Waals surface area contributed by atoms with Crippen LogP contribution in [0.15, 0.2) is 60.9 Å². The smallest absolute Gasteiger partial charge is 0.307 e. The van der Waals surface area contributed by atoms with E-state index >= 15 is 0 Å². The van der Waals surface area contributed by atoms with E-state index in [0.717, 1.165) is 64.4 Å². The third kappa shape index (κ3) is 4.45. The normalized spacial score (nSPS) is 16.2. The summed E-state index contributed by atoms with van der Waals surface area (Å²) in [6.07, 6.45) is 4.23. The lowest BCUT2D eigenvalue weighted by Gasteiger charge is -2.34. The Hall–Kier alpha value is -3.71. The summed E-state index contributed by atoms with van der Waals surface area (Å²) < 4.78 is 4.83. The van der Waals surface area contributed by atoms with Crippen LogP contribution in [0.2, 0.25) is 0 Å². The number of piperazine rings is 1. The third-order valence-electron chi connectivity index (χ3n) is 6.13. The van der Waals surface area contributed by atoms with Gasteiger partial charge in [-0.25, -0.2) is 0 Å². The van der Waals surface area contributed by atoms with Gasteiger partial charge in [-0.15, -0.1) is 0 Å². The van der Waals surface area contributed by atoms with Crippen LogP contribution in [0.1, 0.15) is 12.1 Å². The van der Waals surface area contributed by atoms with E-state index in [1.165, 1.54) is 7.11 Å². The quantitative estimate of drug-likeness (QED) is 0.457. The summed E-state index contributed by atoms with van der Waals surface area (Å²) in [7, 11) is 1.43. The molecule has 0 aliphatic carbocycles. The molecule has 4 heterocycles. The van der Waals surface area contributed by atoms with Gasteiger partial charge < -0.3 is 19.9 Å². The van der Waals surface area contributed by atoms with E-state index in [9.17, 15) is 4.79 Å². The highest BCUT2D eigenvalue weighted by Crippen LogP contribution is 2.32. The van der Waals surface area contributed by atoms with Gasteiger partial charge in [0, 0.05) is 48.5 Å². The molecule has 1 unspecified atom stereocenters. The number of nitrogens with zero attached hydrogens (tertiary/aromatic N) is 3. The van der Waals surface area contributed by atoms with E-state index < -0.39 is 0 Å². The lowest BCUT2D eigenvalue weighted by molar-refractivity contribution is -0.141. The minimum absolute atomic E-state index is 0.0671. The summed E-state index contributed by atoms with van der Waals surface area (Å²) in [6, 6.07) is 16.7. The molecule has 4 aromatic rings. The summed E-state index contributed by atoms with van der Waals surface area (Å²) in [6.45, 7) is 4.42. The minimum atomic E-state index is -0.193. The molecule has 0 bridgehead atoms. The van der Waals surface area contributed by atoms with Crippen LogP contribution < -0.4 is 10.2 Å². The molecule has 1 aliphatic heterocycles. The fourth-order valence-electron chi connectivity index (χ4n) is 4.45. The summed E-state index contributed by atoms with van der Waals surface area (Å²) in [5.41, 5.74) is 7.17. The maximum absolute atomic E-state index is 11.7. The molecular formula is C26H27N5O2. The van der Waals surface area contributed by atoms with Crippen molar-refractivity contribution < 1.29 is 9.53 Å². The third-order valence-corrected chi connectivity index (χ3v) is 6.13. The molecule has 168 valence electrons. The van der Waals surface area contributed by atoms with Crippen LogP contribution in [-0.4, -0.2) is 53.7 Å². The Morgan fingerprint density at radius 1 is 1.21 bits per heavy atom. The van der Waals surface area contributed by atoms with Gasteiger partial charge in [0.15, 0.2) is 0 Å². The molecule has 1 atom stereocenters. The van der Waals surface area contributed by atoms with Crippen molar-refractivity contribution in [3.05, 3.63) is 66.6 Å². The number of hydrogen-bond acceptors (Lipinski definition) is 6. The Labute approximate surface area is 192 Å². The molecule has 1 aromatic carbocycles. The molecule has 33 heavy (non-hydrogen) atoms. The molecule has 5 rings (SSSR count). The van der Waals surface area contributed by atoms with Crippen LogP contribution in [-0.2, 0) is 9.53 Å². The van der Waals surface area contributed by atoms with Crippen LogP contribution in [0.5, 0.6) is 0 Å². The predicted molar refractivity (Wildman–Crippen MR) is 130 cm³/mol. The number of pyridine rings is 2. The molecule has 7 heteroatoms. The highest BCUT2D eigenvalue weighted by Gasteiger charge is 2.22. The van der Waals surface area contributed by atoms with E-state index in [-0.39, 0.29) is 12.0 Å². The van der Waals surface area contributed by atoms with Gasteiger partial charge in [0.25, 0.3) is 0 Å². The van der Waals surface area contributed by atoms with E-state index in [1.54, 1.807) is 0 Å². The maximum Gasteiger partial charge on any atom is 0.307 e. The molecule has 2 N–H and O–H groups in total. The van der Waals surface area contributed by atoms with Crippen molar-refractivity contribution in [1.29, 1.82) is 0 Å². The molecule has 0 amide bonds. The van der Waals surface area contributed by atoms with E-state index in [1.807, 2.05) is 37.5 Å². The van der Waals surface area contributed by atoms with Crippen molar-refractivity contribution >= 4 is 22.6 Å². The second-order valence-corrected chi connectivity index (χ2v) is 8.41. The van der Waals surface area contributed by atoms with Gasteiger partial charge in [0.1, 0.15) is 0 Å². The van der Waals surface area contributed by atoms with Gasteiger partial charge >= 0.3 is 5.97 Å². The van der Waals surface area contributed by atoms with Crippen molar-refractivity contribution in [3.63, 3.8) is 0 Å². The molecule has 1 aliphatic rings. The Morgan fingerprint density at radius 2 is 2.12 bits per heavy atom. The van der Waals surface area contributed by atoms with Gasteiger partial charge in [-0.05, 0) is 48.9 Å². The number of ether oxygens (including phenoxy) is 1. The lowest BCUT2D eigenvalue weighted by atomic mass is 10.0. The molecule has 1 fully saturated rings. The predicted octanol–water partition coefficient (Wildman–Crippen LogP) is 3.94. The summed E-state index contributed by atoms with van der Waals surface area (Å²) in [5, 5.41) is 4.48. The SMILES string of the molecule is COC(=O)CC1CN(c2cnc3ccc(-c4cc[nH]c4-c4cccc(C)n4)cc3c2)CCN1. The first-order valence-electron chi connectivity index (χ1n) is 11.2. The number of benzene rings is 1. The zero-order valence-corrected chi connectivity index (χ0v) is 18.8. The van der Waals surface area contributed by atoms with Gasteiger partial charge in [-0.3, -0.25) is 14.8 Å². The first kappa shape index (κ1) is 21.2. The van der Waals surface area contributed by atoms with Gasteiger partial charge in [-0.1, -0.05) is 12.1 Å².